The zero-order chi connectivity index (χ0) is 25.9. The minimum atomic E-state index is -0.773. The van der Waals surface area contributed by atoms with Crippen molar-refractivity contribution in [2.75, 3.05) is 40.9 Å². The van der Waals surface area contributed by atoms with Crippen LogP contribution >= 0.6 is 0 Å². The number of aromatic nitrogens is 1. The number of Topliss-reactive ketones (excluding diaryl/α,β-unsaturated/α-hetero) is 1. The number of aromatic amines is 1. The number of aryl methyl sites for hydroxylation is 1. The zero-order valence-corrected chi connectivity index (χ0v) is 21.2. The van der Waals surface area contributed by atoms with Crippen LogP contribution in [0.3, 0.4) is 0 Å². The molecule has 1 aliphatic rings. The number of ether oxygens (including phenoxy) is 2. The first-order valence-electron chi connectivity index (χ1n) is 11.7. The van der Waals surface area contributed by atoms with E-state index in [1.165, 1.54) is 12.0 Å². The fourth-order valence-electron chi connectivity index (χ4n) is 4.31. The maximum absolute atomic E-state index is 13.2. The molecular formula is C26H34N3O6+. The zero-order valence-electron chi connectivity index (χ0n) is 21.2. The summed E-state index contributed by atoms with van der Waals surface area (Å²) < 4.78 is 10.5. The molecule has 0 bridgehead atoms. The molecule has 1 fully saturated rings. The maximum atomic E-state index is 13.2. The molecule has 9 heteroatoms. The van der Waals surface area contributed by atoms with Gasteiger partial charge in [-0.1, -0.05) is 19.1 Å². The average Bonchev–Trinajstić information content (AvgIpc) is 3.27. The van der Waals surface area contributed by atoms with Crippen molar-refractivity contribution in [3.05, 3.63) is 57.9 Å². The van der Waals surface area contributed by atoms with E-state index >= 15 is 0 Å². The van der Waals surface area contributed by atoms with E-state index in [9.17, 15) is 19.5 Å². The number of likely N-dealkylation sites (tertiary alicyclic amines) is 1. The van der Waals surface area contributed by atoms with Crippen LogP contribution < -0.4 is 9.64 Å². The van der Waals surface area contributed by atoms with Crippen LogP contribution in [0.5, 0.6) is 5.75 Å². The predicted octanol–water partition coefficient (Wildman–Crippen LogP) is 1.77. The normalized spacial score (nSPS) is 17.3. The summed E-state index contributed by atoms with van der Waals surface area (Å²) in [5.41, 5.74) is 2.11. The Bertz CT molecular complexity index is 1150. The first-order valence-corrected chi connectivity index (χ1v) is 11.7. The van der Waals surface area contributed by atoms with Crippen molar-refractivity contribution in [3.8, 4) is 5.75 Å². The van der Waals surface area contributed by atoms with E-state index in [0.717, 1.165) is 11.3 Å². The van der Waals surface area contributed by atoms with Crippen molar-refractivity contribution in [2.45, 2.75) is 33.2 Å². The molecule has 9 nitrogen and oxygen atoms in total. The van der Waals surface area contributed by atoms with Crippen molar-refractivity contribution < 1.29 is 33.9 Å². The van der Waals surface area contributed by atoms with Gasteiger partial charge in [0.15, 0.2) is 0 Å². The molecule has 0 unspecified atom stereocenters. The molecule has 1 amide bonds. The number of benzene rings is 1. The molecule has 3 rings (SSSR count). The van der Waals surface area contributed by atoms with E-state index in [4.69, 9.17) is 9.47 Å². The van der Waals surface area contributed by atoms with Crippen molar-refractivity contribution in [1.29, 1.82) is 0 Å². The Labute approximate surface area is 205 Å². The molecular weight excluding hydrogens is 450 g/mol. The molecule has 0 spiro atoms. The third-order valence-electron chi connectivity index (χ3n) is 6.13. The van der Waals surface area contributed by atoms with Crippen LogP contribution in [0, 0.1) is 13.8 Å². The molecule has 0 saturated carbocycles. The average molecular weight is 485 g/mol. The minimum Gasteiger partial charge on any atom is -0.507 e. The van der Waals surface area contributed by atoms with Crippen LogP contribution in [0.1, 0.15) is 52.3 Å². The summed E-state index contributed by atoms with van der Waals surface area (Å²) in [5.74, 6) is -1.64. The van der Waals surface area contributed by atoms with Gasteiger partial charge in [-0.05, 0) is 43.5 Å². The van der Waals surface area contributed by atoms with Crippen LogP contribution in [0.15, 0.2) is 29.8 Å². The first kappa shape index (κ1) is 26.0. The van der Waals surface area contributed by atoms with Gasteiger partial charge in [0.2, 0.25) is 0 Å². The number of ketones is 1. The number of nitrogens with zero attached hydrogens (tertiary/aromatic N) is 1. The Balaban J connectivity index is 2.16. The molecule has 0 radical (unpaired) electrons. The third kappa shape index (κ3) is 5.09. The molecule has 188 valence electrons. The summed E-state index contributed by atoms with van der Waals surface area (Å²) in [6, 6.07) is 6.43. The third-order valence-corrected chi connectivity index (χ3v) is 6.13. The van der Waals surface area contributed by atoms with Crippen molar-refractivity contribution in [2.24, 2.45) is 0 Å². The van der Waals surface area contributed by atoms with Crippen molar-refractivity contribution in [1.82, 2.24) is 9.88 Å². The number of quaternary nitrogens is 1. The Kier molecular flexibility index (Phi) is 8.01. The van der Waals surface area contributed by atoms with Crippen molar-refractivity contribution in [3.63, 3.8) is 0 Å². The number of hydrogen-bond donors (Lipinski definition) is 3. The maximum Gasteiger partial charge on any atom is 0.354 e. The number of carbonyl (C=O) groups is 3. The van der Waals surface area contributed by atoms with E-state index in [2.05, 4.69) is 4.98 Å². The lowest BCUT2D eigenvalue weighted by molar-refractivity contribution is -0.857. The number of aliphatic hydroxyl groups excluding tert-OH is 1. The molecule has 2 aromatic rings. The van der Waals surface area contributed by atoms with Gasteiger partial charge >= 0.3 is 5.97 Å². The molecule has 1 aromatic carbocycles. The number of carbonyl (C=O) groups excluding carboxylic acids is 3. The lowest BCUT2D eigenvalue weighted by Gasteiger charge is -2.26. The monoisotopic (exact) mass is 484 g/mol. The number of rotatable bonds is 9. The summed E-state index contributed by atoms with van der Waals surface area (Å²) in [6.07, 6.45) is 0.873. The van der Waals surface area contributed by atoms with E-state index in [1.54, 1.807) is 38.1 Å². The smallest absolute Gasteiger partial charge is 0.354 e. The van der Waals surface area contributed by atoms with Gasteiger partial charge in [0, 0.05) is 11.3 Å². The number of H-pyrrole nitrogens is 1. The van der Waals surface area contributed by atoms with E-state index in [0.29, 0.717) is 47.8 Å². The molecule has 1 aromatic heterocycles. The molecule has 2 heterocycles. The minimum absolute atomic E-state index is 0.00685. The fraction of sp³-hybridized carbons (Fsp3) is 0.423. The Morgan fingerprint density at radius 1 is 1.17 bits per heavy atom. The summed E-state index contributed by atoms with van der Waals surface area (Å²) in [7, 11) is 5.20. The first-order chi connectivity index (χ1) is 16.6. The number of esters is 1. The predicted molar refractivity (Wildman–Crippen MR) is 131 cm³/mol. The summed E-state index contributed by atoms with van der Waals surface area (Å²) in [4.78, 5) is 44.1. The van der Waals surface area contributed by atoms with Crippen LogP contribution in [0.25, 0.3) is 5.76 Å². The lowest BCUT2D eigenvalue weighted by Crippen LogP contribution is -3.06. The van der Waals surface area contributed by atoms with E-state index < -0.39 is 23.7 Å². The number of amides is 1. The van der Waals surface area contributed by atoms with Gasteiger partial charge in [-0.25, -0.2) is 4.79 Å². The molecule has 1 saturated heterocycles. The second-order valence-corrected chi connectivity index (χ2v) is 8.98. The molecule has 1 atom stereocenters. The summed E-state index contributed by atoms with van der Waals surface area (Å²) in [5, 5.41) is 11.4. The standard InChI is InChI=1S/C26H33N3O6/c1-7-14-35-18-10-8-17(9-11-18)22-20(24(31)25(32)29(22)13-12-28(4)5)23(30)19-15(2)21(26(33)34-6)27-16(19)3/h8-11,22,27,30H,7,12-14H2,1-6H3/p+1/b23-20-/t22-/m1/s1. The van der Waals surface area contributed by atoms with Gasteiger partial charge in [-0.3, -0.25) is 9.59 Å². The summed E-state index contributed by atoms with van der Waals surface area (Å²) in [6.45, 7) is 6.90. The highest BCUT2D eigenvalue weighted by molar-refractivity contribution is 6.46. The van der Waals surface area contributed by atoms with Gasteiger partial charge in [0.25, 0.3) is 11.7 Å². The Morgan fingerprint density at radius 3 is 2.40 bits per heavy atom. The highest BCUT2D eigenvalue weighted by atomic mass is 16.5. The van der Waals surface area contributed by atoms with Gasteiger partial charge < -0.3 is 29.4 Å². The van der Waals surface area contributed by atoms with Gasteiger partial charge in [-0.2, -0.15) is 0 Å². The number of nitrogens with one attached hydrogen (secondary N) is 2. The molecule has 1 aliphatic heterocycles. The SMILES string of the molecule is CCCOc1ccc([C@@H]2/C(=C(/O)c3c(C)[nH]c(C(=O)OC)c3C)C(=O)C(=O)N2CC[NH+](C)C)cc1. The molecule has 0 aliphatic carbocycles. The topological polar surface area (TPSA) is 113 Å². The number of methoxy groups -OCH3 is 1. The highest BCUT2D eigenvalue weighted by Gasteiger charge is 2.46. The van der Waals surface area contributed by atoms with Crippen LogP contribution in [-0.4, -0.2) is 73.6 Å². The van der Waals surface area contributed by atoms with Gasteiger partial charge in [-0.15, -0.1) is 0 Å². The largest absolute Gasteiger partial charge is 0.507 e. The lowest BCUT2D eigenvalue weighted by atomic mass is 9.94. The second-order valence-electron chi connectivity index (χ2n) is 8.98. The van der Waals surface area contributed by atoms with Crippen molar-refractivity contribution >= 4 is 23.4 Å². The Hall–Kier alpha value is -3.59. The summed E-state index contributed by atoms with van der Waals surface area (Å²) >= 11 is 0. The van der Waals surface area contributed by atoms with E-state index in [1.807, 2.05) is 21.0 Å². The van der Waals surface area contributed by atoms with Gasteiger partial charge in [0.1, 0.15) is 17.2 Å². The number of likely N-dealkylation sites (N-methyl/N-ethyl adjacent to an activating group) is 1. The van der Waals surface area contributed by atoms with Crippen LogP contribution in [-0.2, 0) is 14.3 Å². The van der Waals surface area contributed by atoms with E-state index in [-0.39, 0.29) is 17.0 Å². The Morgan fingerprint density at radius 2 is 1.83 bits per heavy atom. The highest BCUT2D eigenvalue weighted by Crippen LogP contribution is 2.41. The fourth-order valence-corrected chi connectivity index (χ4v) is 4.31. The van der Waals surface area contributed by atoms with Crippen LogP contribution in [0.4, 0.5) is 0 Å². The number of aliphatic hydroxyl groups is 1. The quantitative estimate of drug-likeness (QED) is 0.216. The number of hydrogen-bond acceptors (Lipinski definition) is 6. The van der Waals surface area contributed by atoms with Gasteiger partial charge in [0.05, 0.1) is 52.5 Å². The molecule has 35 heavy (non-hydrogen) atoms. The van der Waals surface area contributed by atoms with Crippen LogP contribution in [0.2, 0.25) is 0 Å². The second kappa shape index (κ2) is 10.8. The molecule has 3 N–H and O–H groups in total.